The molecule has 5 nitrogen and oxygen atoms in total. The predicted molar refractivity (Wildman–Crippen MR) is 115 cm³/mol. The molecule has 0 bridgehead atoms. The Morgan fingerprint density at radius 1 is 1.11 bits per heavy atom. The van der Waals surface area contributed by atoms with E-state index in [4.69, 9.17) is 40.5 Å². The van der Waals surface area contributed by atoms with Gasteiger partial charge in [-0.15, -0.1) is 0 Å². The molecule has 0 radical (unpaired) electrons. The summed E-state index contributed by atoms with van der Waals surface area (Å²) < 4.78 is 0. The number of carboxylic acids is 1. The van der Waals surface area contributed by atoms with Crippen LogP contribution in [0.4, 0.5) is 11.4 Å². The Morgan fingerprint density at radius 3 is 2.41 bits per heavy atom. The summed E-state index contributed by atoms with van der Waals surface area (Å²) in [5.41, 5.74) is 3.09. The van der Waals surface area contributed by atoms with Gasteiger partial charge in [0.15, 0.2) is 5.11 Å². The molecule has 2 aromatic rings. The molecule has 8 heteroatoms. The van der Waals surface area contributed by atoms with Crippen LogP contribution in [-0.4, -0.2) is 47.3 Å². The van der Waals surface area contributed by atoms with Crippen LogP contribution in [-0.2, 0) is 0 Å². The molecule has 1 saturated heterocycles. The van der Waals surface area contributed by atoms with Gasteiger partial charge in [-0.05, 0) is 61.1 Å². The molecular formula is C19H19Cl2N3O2S. The summed E-state index contributed by atoms with van der Waals surface area (Å²) in [5.74, 6) is -1.05. The van der Waals surface area contributed by atoms with Crippen LogP contribution in [0.2, 0.25) is 10.0 Å². The van der Waals surface area contributed by atoms with Gasteiger partial charge in [0.1, 0.15) is 0 Å². The van der Waals surface area contributed by atoms with E-state index in [1.807, 2.05) is 12.1 Å². The lowest BCUT2D eigenvalue weighted by molar-refractivity contribution is 0.0697. The number of piperazine rings is 1. The van der Waals surface area contributed by atoms with Gasteiger partial charge in [-0.3, -0.25) is 0 Å². The lowest BCUT2D eigenvalue weighted by Crippen LogP contribution is -2.50. The van der Waals surface area contributed by atoms with Gasteiger partial charge in [0.05, 0.1) is 10.6 Å². The smallest absolute Gasteiger partial charge is 0.337 e. The lowest BCUT2D eigenvalue weighted by Gasteiger charge is -2.38. The van der Waals surface area contributed by atoms with E-state index >= 15 is 0 Å². The highest BCUT2D eigenvalue weighted by molar-refractivity contribution is 7.80. The number of aromatic carboxylic acids is 1. The van der Waals surface area contributed by atoms with E-state index in [0.29, 0.717) is 10.8 Å². The van der Waals surface area contributed by atoms with Crippen LogP contribution in [0.3, 0.4) is 0 Å². The van der Waals surface area contributed by atoms with Gasteiger partial charge in [-0.25, -0.2) is 4.79 Å². The Balaban J connectivity index is 1.60. The molecule has 1 heterocycles. The predicted octanol–water partition coefficient (Wildman–Crippen LogP) is 4.52. The van der Waals surface area contributed by atoms with Crippen LogP contribution >= 0.6 is 35.4 Å². The maximum atomic E-state index is 11.0. The van der Waals surface area contributed by atoms with Crippen molar-refractivity contribution in [2.24, 2.45) is 0 Å². The SMILES string of the molecule is Cc1cc(Cl)ccc1N1CCN(C(=S)Nc2ccc(C(=O)O)c(Cl)c2)CC1. The Labute approximate surface area is 173 Å². The van der Waals surface area contributed by atoms with Gasteiger partial charge in [-0.2, -0.15) is 0 Å². The van der Waals surface area contributed by atoms with Crippen LogP contribution in [0.15, 0.2) is 36.4 Å². The number of anilines is 2. The monoisotopic (exact) mass is 423 g/mol. The number of carbonyl (C=O) groups is 1. The summed E-state index contributed by atoms with van der Waals surface area (Å²) in [7, 11) is 0. The molecular weight excluding hydrogens is 405 g/mol. The van der Waals surface area contributed by atoms with Crippen LogP contribution in [0, 0.1) is 6.92 Å². The molecule has 3 rings (SSSR count). The highest BCUT2D eigenvalue weighted by Gasteiger charge is 2.20. The van der Waals surface area contributed by atoms with Crippen molar-refractivity contribution in [2.45, 2.75) is 6.92 Å². The van der Waals surface area contributed by atoms with Crippen molar-refractivity contribution in [3.8, 4) is 0 Å². The first-order valence-electron chi connectivity index (χ1n) is 8.45. The van der Waals surface area contributed by atoms with Gasteiger partial charge in [-0.1, -0.05) is 23.2 Å². The van der Waals surface area contributed by atoms with E-state index in [1.54, 1.807) is 12.1 Å². The van der Waals surface area contributed by atoms with Crippen LogP contribution in [0.25, 0.3) is 0 Å². The highest BCUT2D eigenvalue weighted by Crippen LogP contribution is 2.25. The third-order valence-electron chi connectivity index (χ3n) is 4.52. The Morgan fingerprint density at radius 2 is 1.81 bits per heavy atom. The molecule has 0 aliphatic carbocycles. The quantitative estimate of drug-likeness (QED) is 0.707. The molecule has 0 amide bonds. The van der Waals surface area contributed by atoms with Crippen molar-refractivity contribution in [2.75, 3.05) is 36.4 Å². The molecule has 2 aromatic carbocycles. The Kier molecular flexibility index (Phi) is 6.09. The van der Waals surface area contributed by atoms with E-state index in [0.717, 1.165) is 36.8 Å². The van der Waals surface area contributed by atoms with E-state index in [1.165, 1.54) is 11.8 Å². The first-order valence-corrected chi connectivity index (χ1v) is 9.61. The highest BCUT2D eigenvalue weighted by atomic mass is 35.5. The molecule has 1 aliphatic rings. The molecule has 0 aromatic heterocycles. The number of aryl methyl sites for hydroxylation is 1. The molecule has 2 N–H and O–H groups in total. The number of halogens is 2. The summed E-state index contributed by atoms with van der Waals surface area (Å²) in [6.07, 6.45) is 0. The number of benzene rings is 2. The zero-order chi connectivity index (χ0) is 19.6. The van der Waals surface area contributed by atoms with Crippen molar-refractivity contribution >= 4 is 57.9 Å². The van der Waals surface area contributed by atoms with Crippen LogP contribution in [0.5, 0.6) is 0 Å². The summed E-state index contributed by atoms with van der Waals surface area (Å²) in [5, 5.41) is 13.7. The standard InChI is InChI=1S/C19H19Cl2N3O2S/c1-12-10-13(20)2-5-17(12)23-6-8-24(9-7-23)19(27)22-14-3-4-15(18(25)26)16(21)11-14/h2-5,10-11H,6-9H2,1H3,(H,22,27)(H,25,26). The second-order valence-corrected chi connectivity index (χ2v) is 7.57. The molecule has 0 unspecified atom stereocenters. The van der Waals surface area contributed by atoms with E-state index in [9.17, 15) is 4.79 Å². The fraction of sp³-hybridized carbons (Fsp3) is 0.263. The van der Waals surface area contributed by atoms with Gasteiger partial charge in [0.25, 0.3) is 0 Å². The largest absolute Gasteiger partial charge is 0.478 e. The number of hydrogen-bond acceptors (Lipinski definition) is 3. The molecule has 142 valence electrons. The summed E-state index contributed by atoms with van der Waals surface area (Å²) in [6, 6.07) is 10.6. The Bertz CT molecular complexity index is 883. The third-order valence-corrected chi connectivity index (χ3v) is 5.43. The lowest BCUT2D eigenvalue weighted by atomic mass is 10.1. The zero-order valence-corrected chi connectivity index (χ0v) is 17.0. The molecule has 0 saturated carbocycles. The normalized spacial score (nSPS) is 14.2. The zero-order valence-electron chi connectivity index (χ0n) is 14.7. The fourth-order valence-electron chi connectivity index (χ4n) is 3.09. The molecule has 27 heavy (non-hydrogen) atoms. The first kappa shape index (κ1) is 19.7. The van der Waals surface area contributed by atoms with Crippen molar-refractivity contribution in [3.05, 3.63) is 57.6 Å². The average molecular weight is 424 g/mol. The van der Waals surface area contributed by atoms with Crippen molar-refractivity contribution < 1.29 is 9.90 Å². The second kappa shape index (κ2) is 8.33. The number of carboxylic acid groups (broad SMARTS) is 1. The van der Waals surface area contributed by atoms with Gasteiger partial charge in [0.2, 0.25) is 0 Å². The number of rotatable bonds is 3. The van der Waals surface area contributed by atoms with Crippen LogP contribution in [0.1, 0.15) is 15.9 Å². The van der Waals surface area contributed by atoms with E-state index in [-0.39, 0.29) is 10.6 Å². The number of hydrogen-bond donors (Lipinski definition) is 2. The third kappa shape index (κ3) is 4.64. The summed E-state index contributed by atoms with van der Waals surface area (Å²) in [4.78, 5) is 15.5. The van der Waals surface area contributed by atoms with Crippen molar-refractivity contribution in [3.63, 3.8) is 0 Å². The Hall–Kier alpha value is -2.02. The fourth-order valence-corrected chi connectivity index (χ4v) is 3.88. The molecule has 0 atom stereocenters. The summed E-state index contributed by atoms with van der Waals surface area (Å²) >= 11 is 17.6. The van der Waals surface area contributed by atoms with Gasteiger partial charge in [0, 0.05) is 42.6 Å². The van der Waals surface area contributed by atoms with Crippen molar-refractivity contribution in [1.82, 2.24) is 4.90 Å². The van der Waals surface area contributed by atoms with Gasteiger partial charge < -0.3 is 20.2 Å². The maximum absolute atomic E-state index is 11.0. The van der Waals surface area contributed by atoms with Crippen molar-refractivity contribution in [1.29, 1.82) is 0 Å². The van der Waals surface area contributed by atoms with E-state index < -0.39 is 5.97 Å². The topological polar surface area (TPSA) is 55.8 Å². The van der Waals surface area contributed by atoms with E-state index in [2.05, 4.69) is 28.1 Å². The number of thiocarbonyl (C=S) groups is 1. The minimum atomic E-state index is -1.05. The minimum absolute atomic E-state index is 0.0695. The molecule has 1 aliphatic heterocycles. The number of nitrogens with one attached hydrogen (secondary N) is 1. The van der Waals surface area contributed by atoms with Crippen LogP contribution < -0.4 is 10.2 Å². The second-order valence-electron chi connectivity index (χ2n) is 6.33. The molecule has 0 spiro atoms. The average Bonchev–Trinajstić information content (AvgIpc) is 2.61. The molecule has 1 fully saturated rings. The van der Waals surface area contributed by atoms with Gasteiger partial charge >= 0.3 is 5.97 Å². The maximum Gasteiger partial charge on any atom is 0.337 e. The summed E-state index contributed by atoms with van der Waals surface area (Å²) in [6.45, 7) is 5.33. The minimum Gasteiger partial charge on any atom is -0.478 e. The number of nitrogens with zero attached hydrogens (tertiary/aromatic N) is 2. The first-order chi connectivity index (χ1) is 12.8.